The predicted octanol–water partition coefficient (Wildman–Crippen LogP) is 5.00. The Kier molecular flexibility index (Phi) is 4.46. The van der Waals surface area contributed by atoms with E-state index in [1.165, 1.54) is 38.5 Å². The van der Waals surface area contributed by atoms with Crippen molar-refractivity contribution in [2.45, 2.75) is 103 Å². The molecule has 0 radical (unpaired) electrons. The molecule has 0 aromatic heterocycles. The zero-order chi connectivity index (χ0) is 20.8. The van der Waals surface area contributed by atoms with E-state index >= 15 is 0 Å². The molecule has 6 aliphatic rings. The fraction of sp³-hybridized carbons (Fsp3) is 0.852. The molecule has 0 amide bonds. The van der Waals surface area contributed by atoms with Crippen LogP contribution in [0, 0.1) is 35.0 Å². The second-order valence-corrected chi connectivity index (χ2v) is 12.2. The van der Waals surface area contributed by atoms with Crippen molar-refractivity contribution in [2.24, 2.45) is 35.0 Å². The van der Waals surface area contributed by atoms with Crippen molar-refractivity contribution in [3.05, 3.63) is 22.8 Å². The summed E-state index contributed by atoms with van der Waals surface area (Å²) in [5.74, 6) is 3.64. The van der Waals surface area contributed by atoms with E-state index in [1.54, 1.807) is 16.7 Å². The summed E-state index contributed by atoms with van der Waals surface area (Å²) in [5.41, 5.74) is 5.25. The van der Waals surface area contributed by atoms with Crippen LogP contribution in [-0.4, -0.2) is 35.5 Å². The van der Waals surface area contributed by atoms with E-state index in [4.69, 9.17) is 4.74 Å². The minimum Gasteiger partial charge on any atom is -0.393 e. The van der Waals surface area contributed by atoms with Gasteiger partial charge in [-0.1, -0.05) is 38.0 Å². The second kappa shape index (κ2) is 6.68. The Balaban J connectivity index is 1.34. The highest BCUT2D eigenvalue weighted by Crippen LogP contribution is 2.65. The van der Waals surface area contributed by atoms with E-state index in [1.807, 2.05) is 0 Å². The van der Waals surface area contributed by atoms with Gasteiger partial charge in [0, 0.05) is 12.0 Å². The van der Waals surface area contributed by atoms with Gasteiger partial charge >= 0.3 is 0 Å². The molecule has 3 nitrogen and oxygen atoms in total. The smallest absolute Gasteiger partial charge is 0.0937 e. The molecule has 4 fully saturated rings. The zero-order valence-electron chi connectivity index (χ0n) is 19.4. The number of piperidine rings is 1. The third kappa shape index (κ3) is 2.55. The molecule has 2 N–H and O–H groups in total. The molecule has 2 aliphatic heterocycles. The number of rotatable bonds is 0. The number of fused-ring (bicyclic) bond motifs is 6. The van der Waals surface area contributed by atoms with Crippen LogP contribution < -0.4 is 5.32 Å². The summed E-state index contributed by atoms with van der Waals surface area (Å²) >= 11 is 0. The van der Waals surface area contributed by atoms with E-state index in [0.717, 1.165) is 43.1 Å². The minimum absolute atomic E-state index is 0.0222. The number of nitrogens with one attached hydrogen (secondary N) is 1. The lowest BCUT2D eigenvalue weighted by molar-refractivity contribution is -0.0549. The molecule has 2 heterocycles. The largest absolute Gasteiger partial charge is 0.393 e. The lowest BCUT2D eigenvalue weighted by Crippen LogP contribution is -2.49. The van der Waals surface area contributed by atoms with Crippen LogP contribution in [-0.2, 0) is 4.74 Å². The van der Waals surface area contributed by atoms with Gasteiger partial charge in [-0.3, -0.25) is 0 Å². The number of hydrogen-bond acceptors (Lipinski definition) is 3. The molecular weight excluding hydrogens is 370 g/mol. The first-order valence-corrected chi connectivity index (χ1v) is 12.8. The molecule has 0 bridgehead atoms. The highest BCUT2D eigenvalue weighted by atomic mass is 16.5. The Hall–Kier alpha value is -0.640. The zero-order valence-corrected chi connectivity index (χ0v) is 19.4. The summed E-state index contributed by atoms with van der Waals surface area (Å²) in [7, 11) is 0. The molecule has 2 saturated carbocycles. The number of aliphatic hydroxyl groups is 1. The Morgan fingerprint density at radius 3 is 2.83 bits per heavy atom. The fourth-order valence-electron chi connectivity index (χ4n) is 9.09. The molecule has 1 spiro atoms. The van der Waals surface area contributed by atoms with Crippen molar-refractivity contribution in [3.63, 3.8) is 0 Å². The van der Waals surface area contributed by atoms with Crippen molar-refractivity contribution < 1.29 is 9.84 Å². The van der Waals surface area contributed by atoms with Crippen LogP contribution in [0.2, 0.25) is 0 Å². The van der Waals surface area contributed by atoms with Gasteiger partial charge in [0.05, 0.1) is 17.8 Å². The van der Waals surface area contributed by atoms with Crippen molar-refractivity contribution in [3.8, 4) is 0 Å². The summed E-state index contributed by atoms with van der Waals surface area (Å²) in [6, 6.07) is 0.530. The van der Waals surface area contributed by atoms with Crippen molar-refractivity contribution in [1.82, 2.24) is 5.32 Å². The maximum Gasteiger partial charge on any atom is 0.0937 e. The fourth-order valence-corrected chi connectivity index (χ4v) is 9.09. The summed E-state index contributed by atoms with van der Waals surface area (Å²) in [6.45, 7) is 10.9. The van der Waals surface area contributed by atoms with Crippen LogP contribution >= 0.6 is 0 Å². The van der Waals surface area contributed by atoms with Crippen LogP contribution in [0.4, 0.5) is 0 Å². The Labute approximate surface area is 182 Å². The normalized spacial score (nSPS) is 55.0. The van der Waals surface area contributed by atoms with Crippen molar-refractivity contribution >= 4 is 0 Å². The van der Waals surface area contributed by atoms with Crippen LogP contribution in [0.25, 0.3) is 0 Å². The van der Waals surface area contributed by atoms with Gasteiger partial charge in [0.15, 0.2) is 0 Å². The predicted molar refractivity (Wildman–Crippen MR) is 120 cm³/mol. The highest BCUT2D eigenvalue weighted by molar-refractivity contribution is 5.38. The van der Waals surface area contributed by atoms with E-state index in [9.17, 15) is 5.11 Å². The molecule has 3 heteroatoms. The van der Waals surface area contributed by atoms with Gasteiger partial charge in [-0.25, -0.2) is 0 Å². The second-order valence-electron chi connectivity index (χ2n) is 12.2. The first-order chi connectivity index (χ1) is 14.3. The van der Waals surface area contributed by atoms with E-state index in [2.05, 4.69) is 39.1 Å². The van der Waals surface area contributed by atoms with Gasteiger partial charge in [0.1, 0.15) is 0 Å². The molecule has 10 atom stereocenters. The number of ether oxygens (including phenoxy) is 1. The van der Waals surface area contributed by atoms with Gasteiger partial charge in [-0.2, -0.15) is 0 Å². The number of aliphatic hydroxyl groups excluding tert-OH is 1. The maximum absolute atomic E-state index is 10.3. The molecule has 30 heavy (non-hydrogen) atoms. The average Bonchev–Trinajstić information content (AvgIpc) is 3.23. The van der Waals surface area contributed by atoms with Gasteiger partial charge in [0.2, 0.25) is 0 Å². The topological polar surface area (TPSA) is 41.5 Å². The van der Waals surface area contributed by atoms with Gasteiger partial charge in [0.25, 0.3) is 0 Å². The van der Waals surface area contributed by atoms with Crippen LogP contribution in [0.1, 0.15) is 79.1 Å². The average molecular weight is 412 g/mol. The Morgan fingerprint density at radius 2 is 2.00 bits per heavy atom. The first kappa shape index (κ1) is 20.0. The lowest BCUT2D eigenvalue weighted by Gasteiger charge is -2.49. The molecule has 4 aliphatic carbocycles. The molecule has 0 aromatic rings. The van der Waals surface area contributed by atoms with Gasteiger partial charge in [-0.15, -0.1) is 0 Å². The van der Waals surface area contributed by atoms with Crippen LogP contribution in [0.15, 0.2) is 22.8 Å². The lowest BCUT2D eigenvalue weighted by atomic mass is 9.56. The molecular formula is C27H41NO2. The quantitative estimate of drug-likeness (QED) is 0.551. The Morgan fingerprint density at radius 1 is 1.17 bits per heavy atom. The number of hydrogen-bond donors (Lipinski definition) is 2. The Bertz CT molecular complexity index is 801. The third-order valence-corrected chi connectivity index (χ3v) is 10.9. The van der Waals surface area contributed by atoms with Gasteiger partial charge in [-0.05, 0) is 99.5 Å². The molecule has 1 unspecified atom stereocenters. The first-order valence-electron chi connectivity index (χ1n) is 12.8. The van der Waals surface area contributed by atoms with Crippen molar-refractivity contribution in [2.75, 3.05) is 6.54 Å². The SMILES string of the molecule is CC1=C2C[C@H]3[C@@H](CC=C4C[C@@H](O)CC[C@@]43C)[C@@H]2CC[C@]12OC1C[C@H](C)CN[C@H]1[C@H]2C. The van der Waals surface area contributed by atoms with Gasteiger partial charge < -0.3 is 15.2 Å². The highest BCUT2D eigenvalue weighted by Gasteiger charge is 2.60. The minimum atomic E-state index is -0.111. The number of allylic oxidation sites excluding steroid dienone is 2. The monoisotopic (exact) mass is 411 g/mol. The summed E-state index contributed by atoms with van der Waals surface area (Å²) < 4.78 is 7.03. The van der Waals surface area contributed by atoms with Crippen LogP contribution in [0.3, 0.4) is 0 Å². The molecule has 166 valence electrons. The summed E-state index contributed by atoms with van der Waals surface area (Å²) in [5, 5.41) is 14.1. The molecule has 2 saturated heterocycles. The third-order valence-electron chi connectivity index (χ3n) is 10.9. The van der Waals surface area contributed by atoms with E-state index < -0.39 is 0 Å². The van der Waals surface area contributed by atoms with Crippen LogP contribution in [0.5, 0.6) is 0 Å². The molecule has 6 rings (SSSR count). The van der Waals surface area contributed by atoms with E-state index in [-0.39, 0.29) is 11.7 Å². The summed E-state index contributed by atoms with van der Waals surface area (Å²) in [4.78, 5) is 0. The van der Waals surface area contributed by atoms with E-state index in [0.29, 0.717) is 23.5 Å². The van der Waals surface area contributed by atoms with Crippen molar-refractivity contribution in [1.29, 1.82) is 0 Å². The maximum atomic E-state index is 10.3. The molecule has 0 aromatic carbocycles. The standard InChI is InChI=1S/C27H41NO2/c1-15-11-24-25(28-14-15)17(3)27(30-24)10-8-20-21-6-5-18-12-19(29)7-9-26(18,4)23(21)13-22(20)16(27)2/h5,15,17,19-21,23-25,28-29H,6-14H2,1-4H3/t15-,17+,19-,20-,21-,23-,24?,25-,26-,27-/m0/s1. The summed E-state index contributed by atoms with van der Waals surface area (Å²) in [6.07, 6.45) is 12.2.